The van der Waals surface area contributed by atoms with Crippen LogP contribution < -0.4 is 0 Å². The molecule has 1 saturated heterocycles. The van der Waals surface area contributed by atoms with E-state index in [-0.39, 0.29) is 6.10 Å². The maximum atomic E-state index is 9.70. The molecule has 2 heteroatoms. The van der Waals surface area contributed by atoms with Crippen LogP contribution in [0.2, 0.25) is 0 Å². The topological polar surface area (TPSA) is 32.8 Å². The Kier molecular flexibility index (Phi) is 3.15. The van der Waals surface area contributed by atoms with Crippen LogP contribution >= 0.6 is 0 Å². The van der Waals surface area contributed by atoms with Gasteiger partial charge in [0, 0.05) is 0 Å². The molecule has 3 aliphatic carbocycles. The number of fused-ring (bicyclic) bond motifs is 1. The largest absolute Gasteiger partial charge is 0.393 e. The second kappa shape index (κ2) is 4.73. The van der Waals surface area contributed by atoms with E-state index in [9.17, 15) is 5.11 Å². The SMILES string of the molecule is OC1CCC2(CC1)CCC(C1CCC3OC3C1)CC2. The molecule has 1 aliphatic heterocycles. The van der Waals surface area contributed by atoms with Gasteiger partial charge in [-0.05, 0) is 87.9 Å². The molecular weight excluding hydrogens is 236 g/mol. The van der Waals surface area contributed by atoms with Crippen LogP contribution in [-0.2, 0) is 4.74 Å². The fourth-order valence-corrected chi connectivity index (χ4v) is 5.30. The Morgan fingerprint density at radius 2 is 1.42 bits per heavy atom. The van der Waals surface area contributed by atoms with Gasteiger partial charge in [0.15, 0.2) is 0 Å². The second-order valence-corrected chi connectivity index (χ2v) is 7.85. The maximum Gasteiger partial charge on any atom is 0.0844 e. The smallest absolute Gasteiger partial charge is 0.0844 e. The molecule has 0 aromatic carbocycles. The second-order valence-electron chi connectivity index (χ2n) is 7.85. The number of ether oxygens (including phenoxy) is 1. The third-order valence-corrected chi connectivity index (χ3v) is 6.82. The molecule has 19 heavy (non-hydrogen) atoms. The molecule has 2 nitrogen and oxygen atoms in total. The predicted octanol–water partition coefficient (Wildman–Crippen LogP) is 3.67. The van der Waals surface area contributed by atoms with Gasteiger partial charge in [-0.25, -0.2) is 0 Å². The lowest BCUT2D eigenvalue weighted by atomic mass is 9.60. The Morgan fingerprint density at radius 3 is 2.11 bits per heavy atom. The number of epoxide rings is 1. The van der Waals surface area contributed by atoms with Gasteiger partial charge in [-0.1, -0.05) is 0 Å². The quantitative estimate of drug-likeness (QED) is 0.733. The Labute approximate surface area is 116 Å². The molecule has 3 atom stereocenters. The fraction of sp³-hybridized carbons (Fsp3) is 1.00. The van der Waals surface area contributed by atoms with E-state index in [4.69, 9.17) is 4.74 Å². The first kappa shape index (κ1) is 12.6. The summed E-state index contributed by atoms with van der Waals surface area (Å²) in [5, 5.41) is 9.70. The first-order valence-electron chi connectivity index (χ1n) is 8.58. The zero-order valence-corrected chi connectivity index (χ0v) is 12.0. The minimum atomic E-state index is 0.00522. The molecule has 4 fully saturated rings. The third kappa shape index (κ3) is 2.47. The van der Waals surface area contributed by atoms with Gasteiger partial charge in [0.1, 0.15) is 0 Å². The van der Waals surface area contributed by atoms with Crippen LogP contribution in [0.15, 0.2) is 0 Å². The van der Waals surface area contributed by atoms with E-state index in [2.05, 4.69) is 0 Å². The molecule has 3 saturated carbocycles. The van der Waals surface area contributed by atoms with Gasteiger partial charge >= 0.3 is 0 Å². The van der Waals surface area contributed by atoms with Crippen molar-refractivity contribution in [2.75, 3.05) is 0 Å². The lowest BCUT2D eigenvalue weighted by Crippen LogP contribution is -2.35. The summed E-state index contributed by atoms with van der Waals surface area (Å²) in [5.74, 6) is 1.96. The molecule has 108 valence electrons. The Morgan fingerprint density at radius 1 is 0.737 bits per heavy atom. The zero-order chi connectivity index (χ0) is 12.9. The van der Waals surface area contributed by atoms with Crippen LogP contribution in [0, 0.1) is 17.3 Å². The molecule has 3 unspecified atom stereocenters. The number of hydrogen-bond acceptors (Lipinski definition) is 2. The van der Waals surface area contributed by atoms with E-state index in [1.807, 2.05) is 0 Å². The number of hydrogen-bond donors (Lipinski definition) is 1. The standard InChI is InChI=1S/C17H28O2/c18-14-5-9-17(10-6-14)7-3-12(4-8-17)13-1-2-15-16(11-13)19-15/h12-16,18H,1-11H2. The molecule has 0 aromatic rings. The summed E-state index contributed by atoms with van der Waals surface area (Å²) in [6, 6.07) is 0. The van der Waals surface area contributed by atoms with E-state index in [1.54, 1.807) is 0 Å². The number of rotatable bonds is 1. The first-order chi connectivity index (χ1) is 9.24. The zero-order valence-electron chi connectivity index (χ0n) is 12.0. The Balaban J connectivity index is 1.32. The van der Waals surface area contributed by atoms with Crippen molar-refractivity contribution >= 4 is 0 Å². The highest BCUT2D eigenvalue weighted by Crippen LogP contribution is 2.52. The van der Waals surface area contributed by atoms with Crippen LogP contribution in [0.25, 0.3) is 0 Å². The molecule has 0 amide bonds. The van der Waals surface area contributed by atoms with Crippen molar-refractivity contribution in [3.8, 4) is 0 Å². The summed E-state index contributed by atoms with van der Waals surface area (Å²) in [7, 11) is 0. The Hall–Kier alpha value is -0.0800. The monoisotopic (exact) mass is 264 g/mol. The number of aliphatic hydroxyl groups is 1. The van der Waals surface area contributed by atoms with E-state index in [1.165, 1.54) is 57.8 Å². The van der Waals surface area contributed by atoms with Gasteiger partial charge in [-0.2, -0.15) is 0 Å². The summed E-state index contributed by atoms with van der Waals surface area (Å²) in [6.07, 6.45) is 15.9. The minimum absolute atomic E-state index is 0.00522. The molecular formula is C17H28O2. The van der Waals surface area contributed by atoms with Gasteiger partial charge in [-0.15, -0.1) is 0 Å². The van der Waals surface area contributed by atoms with Crippen LogP contribution in [0.3, 0.4) is 0 Å². The third-order valence-electron chi connectivity index (χ3n) is 6.82. The summed E-state index contributed by atoms with van der Waals surface area (Å²) in [5.41, 5.74) is 0.628. The van der Waals surface area contributed by atoms with E-state index in [0.717, 1.165) is 24.7 Å². The molecule has 4 aliphatic rings. The van der Waals surface area contributed by atoms with Gasteiger partial charge in [0.25, 0.3) is 0 Å². The molecule has 0 radical (unpaired) electrons. The van der Waals surface area contributed by atoms with Gasteiger partial charge in [0.2, 0.25) is 0 Å². The average Bonchev–Trinajstić information content (AvgIpc) is 3.22. The normalized spacial score (nSPS) is 53.8. The van der Waals surface area contributed by atoms with Gasteiger partial charge in [-0.3, -0.25) is 0 Å². The molecule has 0 bridgehead atoms. The Bertz CT molecular complexity index is 322. The molecule has 1 heterocycles. The molecule has 0 aromatic heterocycles. The fourth-order valence-electron chi connectivity index (χ4n) is 5.30. The van der Waals surface area contributed by atoms with Crippen molar-refractivity contribution in [2.24, 2.45) is 17.3 Å². The lowest BCUT2D eigenvalue weighted by Gasteiger charge is -2.46. The number of aliphatic hydroxyl groups excluding tert-OH is 1. The molecule has 1 spiro atoms. The van der Waals surface area contributed by atoms with Gasteiger partial charge in [0.05, 0.1) is 18.3 Å². The highest BCUT2D eigenvalue weighted by molar-refractivity contribution is 4.96. The molecule has 1 N–H and O–H groups in total. The predicted molar refractivity (Wildman–Crippen MR) is 74.9 cm³/mol. The van der Waals surface area contributed by atoms with Crippen molar-refractivity contribution in [3.63, 3.8) is 0 Å². The van der Waals surface area contributed by atoms with Crippen LogP contribution in [0.1, 0.15) is 70.6 Å². The van der Waals surface area contributed by atoms with E-state index >= 15 is 0 Å². The van der Waals surface area contributed by atoms with Crippen LogP contribution in [0.4, 0.5) is 0 Å². The highest BCUT2D eigenvalue weighted by Gasteiger charge is 2.47. The summed E-state index contributed by atoms with van der Waals surface area (Å²) < 4.78 is 5.69. The van der Waals surface area contributed by atoms with Crippen molar-refractivity contribution in [1.29, 1.82) is 0 Å². The lowest BCUT2D eigenvalue weighted by molar-refractivity contribution is 0.0188. The van der Waals surface area contributed by atoms with Crippen molar-refractivity contribution < 1.29 is 9.84 Å². The van der Waals surface area contributed by atoms with E-state index < -0.39 is 0 Å². The summed E-state index contributed by atoms with van der Waals surface area (Å²) >= 11 is 0. The highest BCUT2D eigenvalue weighted by atomic mass is 16.6. The average molecular weight is 264 g/mol. The van der Waals surface area contributed by atoms with Crippen molar-refractivity contribution in [1.82, 2.24) is 0 Å². The van der Waals surface area contributed by atoms with E-state index in [0.29, 0.717) is 17.6 Å². The van der Waals surface area contributed by atoms with Gasteiger partial charge < -0.3 is 9.84 Å². The first-order valence-corrected chi connectivity index (χ1v) is 8.58. The molecule has 4 rings (SSSR count). The summed E-state index contributed by atoms with van der Waals surface area (Å²) in [4.78, 5) is 0. The van der Waals surface area contributed by atoms with Crippen LogP contribution in [-0.4, -0.2) is 23.4 Å². The minimum Gasteiger partial charge on any atom is -0.393 e. The maximum absolute atomic E-state index is 9.70. The van der Waals surface area contributed by atoms with Crippen LogP contribution in [0.5, 0.6) is 0 Å². The van der Waals surface area contributed by atoms with Crippen molar-refractivity contribution in [3.05, 3.63) is 0 Å². The van der Waals surface area contributed by atoms with Crippen molar-refractivity contribution in [2.45, 2.75) is 88.9 Å². The summed E-state index contributed by atoms with van der Waals surface area (Å²) in [6.45, 7) is 0.